The molecule has 1 rings (SSSR count). The van der Waals surface area contributed by atoms with Gasteiger partial charge in [0, 0.05) is 4.90 Å². The van der Waals surface area contributed by atoms with Gasteiger partial charge in [0.1, 0.15) is 5.75 Å². The number of rotatable bonds is 3. The average molecular weight is 196 g/mol. The molecule has 1 nitrogen and oxygen atoms in total. The van der Waals surface area contributed by atoms with Gasteiger partial charge in [0.25, 0.3) is 0 Å². The Kier molecular flexibility index (Phi) is 3.67. The topological polar surface area (TPSA) is 9.23 Å². The molecule has 13 heavy (non-hydrogen) atoms. The predicted octanol–water partition coefficient (Wildman–Crippen LogP) is 3.50. The van der Waals surface area contributed by atoms with E-state index in [0.29, 0.717) is 0 Å². The third kappa shape index (κ3) is 2.96. The summed E-state index contributed by atoms with van der Waals surface area (Å²) in [5.74, 6) is 0.994. The Morgan fingerprint density at radius 1 is 1.31 bits per heavy atom. The summed E-state index contributed by atoms with van der Waals surface area (Å²) in [5.41, 5.74) is 1.28. The molecule has 0 spiro atoms. The zero-order chi connectivity index (χ0) is 9.84. The van der Waals surface area contributed by atoms with Gasteiger partial charge in [-0.25, -0.2) is 0 Å². The van der Waals surface area contributed by atoms with Crippen molar-refractivity contribution in [3.8, 4) is 5.75 Å². The highest BCUT2D eigenvalue weighted by atomic mass is 32.2. The van der Waals surface area contributed by atoms with Crippen LogP contribution in [-0.2, 0) is 0 Å². The van der Waals surface area contributed by atoms with Crippen LogP contribution in [0, 0.1) is 6.92 Å². The summed E-state index contributed by atoms with van der Waals surface area (Å²) in [6.07, 6.45) is 2.32. The van der Waals surface area contributed by atoms with E-state index in [1.54, 1.807) is 11.8 Å². The van der Waals surface area contributed by atoms with E-state index in [4.69, 9.17) is 4.74 Å². The summed E-state index contributed by atoms with van der Waals surface area (Å²) in [6, 6.07) is 6.28. The molecule has 0 fully saturated rings. The highest BCUT2D eigenvalue weighted by Gasteiger charge is 2.04. The van der Waals surface area contributed by atoms with E-state index in [1.807, 2.05) is 19.9 Å². The van der Waals surface area contributed by atoms with Crippen molar-refractivity contribution in [1.29, 1.82) is 0 Å². The van der Waals surface area contributed by atoms with Crippen molar-refractivity contribution in [3.05, 3.63) is 23.8 Å². The zero-order valence-electron chi connectivity index (χ0n) is 8.63. The fourth-order valence-corrected chi connectivity index (χ4v) is 1.75. The number of ether oxygens (including phenoxy) is 1. The molecule has 0 aliphatic carbocycles. The maximum atomic E-state index is 5.67. The average Bonchev–Trinajstić information content (AvgIpc) is 2.07. The van der Waals surface area contributed by atoms with Gasteiger partial charge in [-0.1, -0.05) is 6.07 Å². The first-order valence-electron chi connectivity index (χ1n) is 4.44. The molecule has 72 valence electrons. The van der Waals surface area contributed by atoms with E-state index >= 15 is 0 Å². The lowest BCUT2D eigenvalue weighted by Gasteiger charge is -2.13. The quantitative estimate of drug-likeness (QED) is 0.684. The van der Waals surface area contributed by atoms with Crippen LogP contribution < -0.4 is 4.74 Å². The van der Waals surface area contributed by atoms with Gasteiger partial charge < -0.3 is 4.74 Å². The van der Waals surface area contributed by atoms with Crippen LogP contribution in [0.4, 0.5) is 0 Å². The van der Waals surface area contributed by atoms with Gasteiger partial charge >= 0.3 is 0 Å². The van der Waals surface area contributed by atoms with Gasteiger partial charge in [-0.15, -0.1) is 11.8 Å². The van der Waals surface area contributed by atoms with Crippen LogP contribution in [-0.4, -0.2) is 12.4 Å². The Morgan fingerprint density at radius 3 is 2.54 bits per heavy atom. The van der Waals surface area contributed by atoms with Crippen LogP contribution >= 0.6 is 11.8 Å². The van der Waals surface area contributed by atoms with Crippen LogP contribution in [0.1, 0.15) is 19.4 Å². The molecule has 1 aromatic carbocycles. The molecule has 0 saturated carbocycles. The third-order valence-electron chi connectivity index (χ3n) is 1.68. The monoisotopic (exact) mass is 196 g/mol. The van der Waals surface area contributed by atoms with Crippen molar-refractivity contribution >= 4 is 11.8 Å². The van der Waals surface area contributed by atoms with Crippen LogP contribution in [0.5, 0.6) is 5.75 Å². The summed E-state index contributed by atoms with van der Waals surface area (Å²) in [7, 11) is 0. The largest absolute Gasteiger partial charge is 0.490 e. The van der Waals surface area contributed by atoms with Crippen molar-refractivity contribution in [2.45, 2.75) is 31.8 Å². The van der Waals surface area contributed by atoms with E-state index in [2.05, 4.69) is 25.3 Å². The Morgan fingerprint density at radius 2 is 2.00 bits per heavy atom. The Hall–Kier alpha value is -0.630. The molecule has 0 N–H and O–H groups in total. The van der Waals surface area contributed by atoms with Gasteiger partial charge in [0.05, 0.1) is 6.10 Å². The van der Waals surface area contributed by atoms with E-state index < -0.39 is 0 Å². The lowest BCUT2D eigenvalue weighted by molar-refractivity contribution is 0.236. The molecule has 0 aromatic heterocycles. The van der Waals surface area contributed by atoms with Crippen LogP contribution in [0.25, 0.3) is 0 Å². The normalized spacial score (nSPS) is 10.5. The molecule has 0 saturated heterocycles. The highest BCUT2D eigenvalue weighted by Crippen LogP contribution is 2.29. The number of benzene rings is 1. The molecule has 0 radical (unpaired) electrons. The lowest BCUT2D eigenvalue weighted by atomic mass is 10.2. The second-order valence-electron chi connectivity index (χ2n) is 3.32. The minimum absolute atomic E-state index is 0.244. The Bertz CT molecular complexity index is 281. The van der Waals surface area contributed by atoms with Crippen LogP contribution in [0.15, 0.2) is 23.1 Å². The molecule has 1 aromatic rings. The van der Waals surface area contributed by atoms with Gasteiger partial charge in [-0.3, -0.25) is 0 Å². The first-order valence-corrected chi connectivity index (χ1v) is 5.67. The van der Waals surface area contributed by atoms with E-state index in [-0.39, 0.29) is 6.10 Å². The van der Waals surface area contributed by atoms with Crippen molar-refractivity contribution in [1.82, 2.24) is 0 Å². The van der Waals surface area contributed by atoms with Gasteiger partial charge in [0.15, 0.2) is 0 Å². The lowest BCUT2D eigenvalue weighted by Crippen LogP contribution is -2.06. The van der Waals surface area contributed by atoms with Gasteiger partial charge in [-0.2, -0.15) is 0 Å². The van der Waals surface area contributed by atoms with Crippen molar-refractivity contribution in [2.24, 2.45) is 0 Å². The molecule has 0 aliphatic heterocycles. The molecule has 2 heteroatoms. The SMILES string of the molecule is CSc1cc(C)ccc1OC(C)C. The predicted molar refractivity (Wildman–Crippen MR) is 58.7 cm³/mol. The fourth-order valence-electron chi connectivity index (χ4n) is 1.13. The number of hydrogen-bond acceptors (Lipinski definition) is 2. The van der Waals surface area contributed by atoms with E-state index in [0.717, 1.165) is 5.75 Å². The van der Waals surface area contributed by atoms with Crippen molar-refractivity contribution < 1.29 is 4.74 Å². The van der Waals surface area contributed by atoms with Crippen molar-refractivity contribution in [3.63, 3.8) is 0 Å². The third-order valence-corrected chi connectivity index (χ3v) is 2.44. The standard InChI is InChI=1S/C11H16OS/c1-8(2)12-10-6-5-9(3)7-11(10)13-4/h5-8H,1-4H3. The first-order chi connectivity index (χ1) is 6.13. The number of aryl methyl sites for hydroxylation is 1. The molecule has 0 aliphatic rings. The fraction of sp³-hybridized carbons (Fsp3) is 0.455. The van der Waals surface area contributed by atoms with E-state index in [9.17, 15) is 0 Å². The molecule has 0 amide bonds. The molecule has 0 atom stereocenters. The molecule has 0 unspecified atom stereocenters. The number of thioether (sulfide) groups is 1. The second kappa shape index (κ2) is 4.56. The van der Waals surface area contributed by atoms with E-state index in [1.165, 1.54) is 10.5 Å². The molecular formula is C11H16OS. The van der Waals surface area contributed by atoms with Crippen molar-refractivity contribution in [2.75, 3.05) is 6.26 Å². The van der Waals surface area contributed by atoms with Crippen LogP contribution in [0.3, 0.4) is 0 Å². The molecule has 0 bridgehead atoms. The van der Waals surface area contributed by atoms with Gasteiger partial charge in [0.2, 0.25) is 0 Å². The summed E-state index contributed by atoms with van der Waals surface area (Å²) in [6.45, 7) is 6.19. The van der Waals surface area contributed by atoms with Gasteiger partial charge in [-0.05, 0) is 44.7 Å². The minimum atomic E-state index is 0.244. The maximum absolute atomic E-state index is 5.67. The zero-order valence-corrected chi connectivity index (χ0v) is 9.44. The summed E-state index contributed by atoms with van der Waals surface area (Å²) >= 11 is 1.73. The summed E-state index contributed by atoms with van der Waals surface area (Å²) < 4.78 is 5.67. The molecule has 0 heterocycles. The maximum Gasteiger partial charge on any atom is 0.133 e. The minimum Gasteiger partial charge on any atom is -0.490 e. The summed E-state index contributed by atoms with van der Waals surface area (Å²) in [4.78, 5) is 1.22. The smallest absolute Gasteiger partial charge is 0.133 e. The second-order valence-corrected chi connectivity index (χ2v) is 4.17. The van der Waals surface area contributed by atoms with Crippen LogP contribution in [0.2, 0.25) is 0 Å². The first kappa shape index (κ1) is 10.5. The Balaban J connectivity index is 2.92. The number of hydrogen-bond donors (Lipinski definition) is 0. The summed E-state index contributed by atoms with van der Waals surface area (Å²) in [5, 5.41) is 0. The molecular weight excluding hydrogens is 180 g/mol. The highest BCUT2D eigenvalue weighted by molar-refractivity contribution is 7.98. The Labute approximate surface area is 84.5 Å².